The maximum Gasteiger partial charge on any atom is 0.307 e. The van der Waals surface area contributed by atoms with Crippen molar-refractivity contribution in [3.8, 4) is 11.1 Å². The first kappa shape index (κ1) is 16.7. The van der Waals surface area contributed by atoms with Crippen LogP contribution in [-0.2, 0) is 22.6 Å². The minimum atomic E-state index is -1.11. The summed E-state index contributed by atoms with van der Waals surface area (Å²) >= 11 is 0. The average Bonchev–Trinajstić information content (AvgIpc) is 2.54. The van der Waals surface area contributed by atoms with Crippen LogP contribution in [-0.4, -0.2) is 27.3 Å². The van der Waals surface area contributed by atoms with E-state index in [0.717, 1.165) is 22.3 Å². The Kier molecular flexibility index (Phi) is 5.49. The summed E-state index contributed by atoms with van der Waals surface area (Å²) in [7, 11) is 0. The van der Waals surface area contributed by atoms with Crippen molar-refractivity contribution in [1.82, 2.24) is 0 Å². The monoisotopic (exact) mass is 314 g/mol. The number of aliphatic carboxylic acids is 2. The van der Waals surface area contributed by atoms with Crippen molar-refractivity contribution in [2.24, 2.45) is 5.92 Å². The lowest BCUT2D eigenvalue weighted by Gasteiger charge is -2.10. The summed E-state index contributed by atoms with van der Waals surface area (Å²) in [5.74, 6) is -3.14. The first-order valence-corrected chi connectivity index (χ1v) is 7.23. The van der Waals surface area contributed by atoms with Gasteiger partial charge in [0, 0.05) is 0 Å². The summed E-state index contributed by atoms with van der Waals surface area (Å²) in [4.78, 5) is 21.8. The average molecular weight is 314 g/mol. The van der Waals surface area contributed by atoms with Crippen LogP contribution >= 0.6 is 0 Å². The van der Waals surface area contributed by atoms with Gasteiger partial charge in [-0.2, -0.15) is 0 Å². The van der Waals surface area contributed by atoms with E-state index in [0.29, 0.717) is 0 Å². The molecule has 0 heterocycles. The lowest BCUT2D eigenvalue weighted by atomic mass is 9.94. The van der Waals surface area contributed by atoms with E-state index in [1.807, 2.05) is 48.5 Å². The molecule has 5 nitrogen and oxygen atoms in total. The molecule has 5 heteroatoms. The molecular formula is C18H18O5. The maximum absolute atomic E-state index is 11.1. The SMILES string of the molecule is O=C(O)C[C@H](Cc1ccc(-c2ccc(CO)cc2)cc1)C(=O)O. The molecule has 0 aromatic heterocycles. The van der Waals surface area contributed by atoms with Crippen molar-refractivity contribution in [1.29, 1.82) is 0 Å². The minimum Gasteiger partial charge on any atom is -0.481 e. The van der Waals surface area contributed by atoms with Gasteiger partial charge in [-0.25, -0.2) is 0 Å². The van der Waals surface area contributed by atoms with E-state index in [-0.39, 0.29) is 19.4 Å². The van der Waals surface area contributed by atoms with Crippen LogP contribution in [0.3, 0.4) is 0 Å². The fourth-order valence-electron chi connectivity index (χ4n) is 2.38. The molecule has 0 saturated heterocycles. The quantitative estimate of drug-likeness (QED) is 0.730. The van der Waals surface area contributed by atoms with Gasteiger partial charge in [0.1, 0.15) is 0 Å². The van der Waals surface area contributed by atoms with Crippen LogP contribution in [0.15, 0.2) is 48.5 Å². The number of aliphatic hydroxyl groups excluding tert-OH is 1. The second-order valence-electron chi connectivity index (χ2n) is 5.39. The fourth-order valence-corrected chi connectivity index (χ4v) is 2.38. The molecule has 0 saturated carbocycles. The molecule has 2 aromatic rings. The topological polar surface area (TPSA) is 94.8 Å². The van der Waals surface area contributed by atoms with Gasteiger partial charge >= 0.3 is 11.9 Å². The Hall–Kier alpha value is -2.66. The van der Waals surface area contributed by atoms with Crippen LogP contribution in [0.25, 0.3) is 11.1 Å². The van der Waals surface area contributed by atoms with Gasteiger partial charge in [0.25, 0.3) is 0 Å². The molecule has 0 aliphatic rings. The Morgan fingerprint density at radius 3 is 1.70 bits per heavy atom. The largest absolute Gasteiger partial charge is 0.481 e. The lowest BCUT2D eigenvalue weighted by Crippen LogP contribution is -2.20. The highest BCUT2D eigenvalue weighted by atomic mass is 16.4. The number of rotatable bonds is 7. The van der Waals surface area contributed by atoms with E-state index in [9.17, 15) is 9.59 Å². The van der Waals surface area contributed by atoms with Crippen LogP contribution in [0.5, 0.6) is 0 Å². The predicted molar refractivity (Wildman–Crippen MR) is 84.9 cm³/mol. The smallest absolute Gasteiger partial charge is 0.307 e. The molecule has 0 fully saturated rings. The van der Waals surface area contributed by atoms with Gasteiger partial charge in [-0.05, 0) is 28.7 Å². The van der Waals surface area contributed by atoms with Gasteiger partial charge in [0.15, 0.2) is 0 Å². The first-order chi connectivity index (χ1) is 11.0. The van der Waals surface area contributed by atoms with Gasteiger partial charge in [0.05, 0.1) is 18.9 Å². The lowest BCUT2D eigenvalue weighted by molar-refractivity contribution is -0.148. The van der Waals surface area contributed by atoms with Crippen LogP contribution < -0.4 is 0 Å². The van der Waals surface area contributed by atoms with Crippen molar-refractivity contribution in [2.75, 3.05) is 0 Å². The van der Waals surface area contributed by atoms with E-state index >= 15 is 0 Å². The van der Waals surface area contributed by atoms with E-state index in [1.54, 1.807) is 0 Å². The molecule has 2 rings (SSSR count). The van der Waals surface area contributed by atoms with Crippen LogP contribution in [0, 0.1) is 5.92 Å². The molecule has 120 valence electrons. The van der Waals surface area contributed by atoms with Crippen molar-refractivity contribution < 1.29 is 24.9 Å². The van der Waals surface area contributed by atoms with Gasteiger partial charge < -0.3 is 15.3 Å². The summed E-state index contributed by atoms with van der Waals surface area (Å²) in [5, 5.41) is 26.9. The van der Waals surface area contributed by atoms with Crippen LogP contribution in [0.4, 0.5) is 0 Å². The standard InChI is InChI=1S/C18H18O5/c19-11-13-3-7-15(8-4-13)14-5-1-12(2-6-14)9-16(18(22)23)10-17(20)21/h1-8,16,19H,9-11H2,(H,20,21)(H,22,23)/t16-/m0/s1. The molecule has 0 aliphatic heterocycles. The summed E-state index contributed by atoms with van der Waals surface area (Å²) < 4.78 is 0. The second kappa shape index (κ2) is 7.56. The predicted octanol–water partition coefficient (Wildman–Crippen LogP) is 2.56. The third kappa shape index (κ3) is 4.66. The van der Waals surface area contributed by atoms with Gasteiger partial charge in [-0.3, -0.25) is 9.59 Å². The van der Waals surface area contributed by atoms with Gasteiger partial charge in [-0.1, -0.05) is 48.5 Å². The summed E-state index contributed by atoms with van der Waals surface area (Å²) in [5.41, 5.74) is 3.59. The van der Waals surface area contributed by atoms with Crippen molar-refractivity contribution in [3.63, 3.8) is 0 Å². The maximum atomic E-state index is 11.1. The van der Waals surface area contributed by atoms with E-state index < -0.39 is 17.9 Å². The Labute approximate surface area is 133 Å². The zero-order chi connectivity index (χ0) is 16.8. The van der Waals surface area contributed by atoms with E-state index in [1.165, 1.54) is 0 Å². The third-order valence-electron chi connectivity index (χ3n) is 3.68. The third-order valence-corrected chi connectivity index (χ3v) is 3.68. The molecule has 2 aromatic carbocycles. The zero-order valence-corrected chi connectivity index (χ0v) is 12.5. The fraction of sp³-hybridized carbons (Fsp3) is 0.222. The molecule has 0 spiro atoms. The van der Waals surface area contributed by atoms with Crippen molar-refractivity contribution in [2.45, 2.75) is 19.4 Å². The molecule has 0 radical (unpaired) electrons. The highest BCUT2D eigenvalue weighted by Gasteiger charge is 2.21. The molecule has 0 bridgehead atoms. The summed E-state index contributed by atoms with van der Waals surface area (Å²) in [6.45, 7) is -0.000623. The summed E-state index contributed by atoms with van der Waals surface area (Å²) in [6, 6.07) is 14.9. The number of aliphatic hydroxyl groups is 1. The molecule has 0 unspecified atom stereocenters. The second-order valence-corrected chi connectivity index (χ2v) is 5.39. The number of hydrogen-bond acceptors (Lipinski definition) is 3. The van der Waals surface area contributed by atoms with E-state index in [2.05, 4.69) is 0 Å². The number of hydrogen-bond donors (Lipinski definition) is 3. The Morgan fingerprint density at radius 1 is 0.826 bits per heavy atom. The molecule has 0 amide bonds. The number of carboxylic acid groups (broad SMARTS) is 2. The Morgan fingerprint density at radius 2 is 1.30 bits per heavy atom. The van der Waals surface area contributed by atoms with Crippen LogP contribution in [0.2, 0.25) is 0 Å². The highest BCUT2D eigenvalue weighted by Crippen LogP contribution is 2.22. The first-order valence-electron chi connectivity index (χ1n) is 7.23. The minimum absolute atomic E-state index is 0.000623. The normalized spacial score (nSPS) is 11.9. The molecule has 23 heavy (non-hydrogen) atoms. The molecule has 0 aliphatic carbocycles. The van der Waals surface area contributed by atoms with E-state index in [4.69, 9.17) is 15.3 Å². The van der Waals surface area contributed by atoms with Gasteiger partial charge in [-0.15, -0.1) is 0 Å². The van der Waals surface area contributed by atoms with Gasteiger partial charge in [0.2, 0.25) is 0 Å². The summed E-state index contributed by atoms with van der Waals surface area (Å²) in [6.07, 6.45) is -0.203. The number of benzene rings is 2. The Bertz CT molecular complexity index is 674. The molecule has 1 atom stereocenters. The number of carboxylic acids is 2. The molecular weight excluding hydrogens is 296 g/mol. The number of carbonyl (C=O) groups is 2. The van der Waals surface area contributed by atoms with Crippen molar-refractivity contribution >= 4 is 11.9 Å². The molecule has 3 N–H and O–H groups in total. The van der Waals surface area contributed by atoms with Crippen LogP contribution in [0.1, 0.15) is 17.5 Å². The van der Waals surface area contributed by atoms with Crippen molar-refractivity contribution in [3.05, 3.63) is 59.7 Å². The zero-order valence-electron chi connectivity index (χ0n) is 12.5. The Balaban J connectivity index is 2.11. The highest BCUT2D eigenvalue weighted by molar-refractivity contribution is 5.78.